The summed E-state index contributed by atoms with van der Waals surface area (Å²) in [6.45, 7) is 0.458. The van der Waals surface area contributed by atoms with E-state index < -0.39 is 25.7 Å². The minimum Gasteiger partial charge on any atom is -0.494 e. The number of benzene rings is 2. The summed E-state index contributed by atoms with van der Waals surface area (Å²) in [4.78, 5) is 4.54. The van der Waals surface area contributed by atoms with E-state index in [9.17, 15) is 17.5 Å². The Morgan fingerprint density at radius 1 is 1.06 bits per heavy atom. The van der Waals surface area contributed by atoms with E-state index >= 15 is 0 Å². The molecule has 166 valence electrons. The standard InChI is InChI=1S/C22H23NO5S2.ClH/c24-29(25)16-22(30(26,27)19-8-2-1-3-9-19)20-14-18(10-11-21(20)29)28-13-5-7-17-6-4-12-23-15-17;/h1-4,6,8-12,14-15,22,24-25H,5,7,13,16H2;1H. The molecule has 1 aromatic heterocycles. The first kappa shape index (κ1) is 23.6. The number of aryl methyl sites for hydroxylation is 1. The summed E-state index contributed by atoms with van der Waals surface area (Å²) in [6.07, 6.45) is 5.15. The Kier molecular flexibility index (Phi) is 7.28. The first-order valence-electron chi connectivity index (χ1n) is 9.58. The fourth-order valence-corrected chi connectivity index (χ4v) is 8.00. The Morgan fingerprint density at radius 2 is 1.84 bits per heavy atom. The van der Waals surface area contributed by atoms with Crippen molar-refractivity contribution in [1.82, 2.24) is 4.98 Å². The van der Waals surface area contributed by atoms with Crippen LogP contribution in [0.2, 0.25) is 0 Å². The van der Waals surface area contributed by atoms with Gasteiger partial charge >= 0.3 is 0 Å². The lowest BCUT2D eigenvalue weighted by molar-refractivity contribution is 0.310. The van der Waals surface area contributed by atoms with E-state index in [-0.39, 0.29) is 28.0 Å². The van der Waals surface area contributed by atoms with Crippen molar-refractivity contribution >= 4 is 32.8 Å². The fourth-order valence-electron chi connectivity index (χ4n) is 3.60. The highest BCUT2D eigenvalue weighted by Gasteiger charge is 2.43. The van der Waals surface area contributed by atoms with Crippen LogP contribution in [0.15, 0.2) is 82.8 Å². The molecule has 1 aliphatic heterocycles. The topological polar surface area (TPSA) is 96.7 Å². The highest BCUT2D eigenvalue weighted by Crippen LogP contribution is 2.61. The number of nitrogens with zero attached hydrogens (tertiary/aromatic N) is 1. The molecule has 2 heterocycles. The first-order valence-corrected chi connectivity index (χ1v) is 12.8. The number of halogens is 1. The molecule has 9 heteroatoms. The van der Waals surface area contributed by atoms with Gasteiger partial charge in [-0.3, -0.25) is 14.1 Å². The van der Waals surface area contributed by atoms with Crippen LogP contribution in [0.25, 0.3) is 0 Å². The number of aromatic nitrogens is 1. The lowest BCUT2D eigenvalue weighted by Crippen LogP contribution is -2.15. The van der Waals surface area contributed by atoms with Crippen LogP contribution in [0.1, 0.15) is 22.8 Å². The lowest BCUT2D eigenvalue weighted by atomic mass is 10.1. The van der Waals surface area contributed by atoms with Crippen LogP contribution in [0.3, 0.4) is 0 Å². The van der Waals surface area contributed by atoms with E-state index in [1.54, 1.807) is 42.6 Å². The van der Waals surface area contributed by atoms with E-state index in [1.807, 2.05) is 18.3 Å². The number of ether oxygens (including phenoxy) is 1. The van der Waals surface area contributed by atoms with Crippen LogP contribution in [0, 0.1) is 0 Å². The van der Waals surface area contributed by atoms with Crippen molar-refractivity contribution in [2.45, 2.75) is 27.9 Å². The van der Waals surface area contributed by atoms with Crippen molar-refractivity contribution in [3.63, 3.8) is 0 Å². The smallest absolute Gasteiger partial charge is 0.187 e. The molecular formula is C22H24ClNO5S2. The van der Waals surface area contributed by atoms with Gasteiger partial charge in [0.2, 0.25) is 0 Å². The average Bonchev–Trinajstić information content (AvgIpc) is 3.04. The van der Waals surface area contributed by atoms with Gasteiger partial charge in [0.15, 0.2) is 9.84 Å². The second kappa shape index (κ2) is 9.58. The quantitative estimate of drug-likeness (QED) is 0.453. The SMILES string of the molecule is Cl.O=S(=O)(c1ccccc1)C1CS(O)(O)c2ccc(OCCCc3cccnc3)cc21. The summed E-state index contributed by atoms with van der Waals surface area (Å²) in [5.74, 6) is 0.287. The molecule has 1 atom stereocenters. The largest absolute Gasteiger partial charge is 0.494 e. The maximum absolute atomic E-state index is 13.2. The fraction of sp³-hybridized carbons (Fsp3) is 0.227. The predicted octanol–water partition coefficient (Wildman–Crippen LogP) is 5.15. The van der Waals surface area contributed by atoms with Crippen LogP contribution in [0.4, 0.5) is 0 Å². The molecule has 1 unspecified atom stereocenters. The van der Waals surface area contributed by atoms with E-state index in [0.717, 1.165) is 18.4 Å². The summed E-state index contributed by atoms with van der Waals surface area (Å²) < 4.78 is 53.1. The van der Waals surface area contributed by atoms with Gasteiger partial charge in [-0.25, -0.2) is 8.42 Å². The summed E-state index contributed by atoms with van der Waals surface area (Å²) in [7, 11) is -6.93. The molecule has 2 aromatic carbocycles. The van der Waals surface area contributed by atoms with Gasteiger partial charge in [0.1, 0.15) is 11.0 Å². The molecule has 0 saturated heterocycles. The molecule has 0 fully saturated rings. The minimum absolute atomic E-state index is 0. The van der Waals surface area contributed by atoms with E-state index in [4.69, 9.17) is 4.74 Å². The van der Waals surface area contributed by atoms with Gasteiger partial charge in [0.25, 0.3) is 0 Å². The van der Waals surface area contributed by atoms with Crippen molar-refractivity contribution in [2.24, 2.45) is 0 Å². The van der Waals surface area contributed by atoms with Gasteiger partial charge in [-0.05, 0) is 60.4 Å². The molecule has 0 radical (unpaired) electrons. The zero-order valence-electron chi connectivity index (χ0n) is 16.6. The number of fused-ring (bicyclic) bond motifs is 1. The van der Waals surface area contributed by atoms with Crippen LogP contribution in [-0.4, -0.2) is 34.9 Å². The number of rotatable bonds is 7. The van der Waals surface area contributed by atoms with Gasteiger partial charge in [0.05, 0.1) is 22.2 Å². The Morgan fingerprint density at radius 3 is 2.55 bits per heavy atom. The molecule has 0 amide bonds. The lowest BCUT2D eigenvalue weighted by Gasteiger charge is -2.27. The van der Waals surface area contributed by atoms with Crippen molar-refractivity contribution in [1.29, 1.82) is 0 Å². The molecule has 0 bridgehead atoms. The molecule has 2 N–H and O–H groups in total. The molecule has 0 aliphatic carbocycles. The van der Waals surface area contributed by atoms with E-state index in [2.05, 4.69) is 4.98 Å². The van der Waals surface area contributed by atoms with Crippen molar-refractivity contribution in [3.8, 4) is 5.75 Å². The summed E-state index contributed by atoms with van der Waals surface area (Å²) in [5, 5.41) is -1.01. The maximum Gasteiger partial charge on any atom is 0.187 e. The Bertz CT molecular complexity index is 1130. The Hall–Kier alpha value is -2.10. The van der Waals surface area contributed by atoms with E-state index in [1.165, 1.54) is 12.1 Å². The predicted molar refractivity (Wildman–Crippen MR) is 124 cm³/mol. The number of hydrogen-bond donors (Lipinski definition) is 2. The van der Waals surface area contributed by atoms with Crippen LogP contribution < -0.4 is 4.74 Å². The highest BCUT2D eigenvalue weighted by atomic mass is 35.5. The zero-order chi connectivity index (χ0) is 21.2. The molecule has 1 aliphatic rings. The number of hydrogen-bond acceptors (Lipinski definition) is 6. The number of pyridine rings is 1. The monoisotopic (exact) mass is 481 g/mol. The molecule has 3 aromatic rings. The molecule has 4 rings (SSSR count). The van der Waals surface area contributed by atoms with Gasteiger partial charge < -0.3 is 4.74 Å². The summed E-state index contributed by atoms with van der Waals surface area (Å²) >= 11 is 0. The van der Waals surface area contributed by atoms with Crippen molar-refractivity contribution in [2.75, 3.05) is 12.4 Å². The van der Waals surface area contributed by atoms with Crippen molar-refractivity contribution < 1.29 is 22.3 Å². The minimum atomic E-state index is -3.76. The third kappa shape index (κ3) is 5.05. The average molecular weight is 482 g/mol. The van der Waals surface area contributed by atoms with Crippen molar-refractivity contribution in [3.05, 3.63) is 84.2 Å². The zero-order valence-corrected chi connectivity index (χ0v) is 19.1. The molecule has 31 heavy (non-hydrogen) atoms. The molecule has 6 nitrogen and oxygen atoms in total. The molecule has 0 saturated carbocycles. The van der Waals surface area contributed by atoms with Crippen LogP contribution in [0.5, 0.6) is 5.75 Å². The normalized spacial score (nSPS) is 17.9. The highest BCUT2D eigenvalue weighted by molar-refractivity contribution is 8.25. The first-order chi connectivity index (χ1) is 14.4. The third-order valence-electron chi connectivity index (χ3n) is 5.11. The Balaban J connectivity index is 0.00000272. The third-order valence-corrected chi connectivity index (χ3v) is 9.30. The van der Waals surface area contributed by atoms with E-state index in [0.29, 0.717) is 17.9 Å². The summed E-state index contributed by atoms with van der Waals surface area (Å²) in [5.41, 5.74) is 1.53. The second-order valence-electron chi connectivity index (χ2n) is 7.19. The van der Waals surface area contributed by atoms with Gasteiger partial charge in [-0.2, -0.15) is 10.6 Å². The Labute approximate surface area is 190 Å². The van der Waals surface area contributed by atoms with Crippen LogP contribution >= 0.6 is 23.0 Å². The number of sulfone groups is 1. The molecular weight excluding hydrogens is 458 g/mol. The van der Waals surface area contributed by atoms with Gasteiger partial charge in [0, 0.05) is 12.4 Å². The maximum atomic E-state index is 13.2. The summed E-state index contributed by atoms with van der Waals surface area (Å²) in [6, 6.07) is 16.9. The van der Waals surface area contributed by atoms with Gasteiger partial charge in [-0.15, -0.1) is 12.4 Å². The van der Waals surface area contributed by atoms with Crippen LogP contribution in [-0.2, 0) is 16.3 Å². The second-order valence-corrected chi connectivity index (χ2v) is 11.4. The van der Waals surface area contributed by atoms with Gasteiger partial charge in [-0.1, -0.05) is 24.3 Å². The molecule has 0 spiro atoms.